The number of carbonyl (C=O) groups excluding carboxylic acids is 1. The van der Waals surface area contributed by atoms with Gasteiger partial charge < -0.3 is 16.0 Å². The van der Waals surface area contributed by atoms with E-state index in [4.69, 9.17) is 5.73 Å². The van der Waals surface area contributed by atoms with Crippen LogP contribution < -0.4 is 11.1 Å². The zero-order valence-electron chi connectivity index (χ0n) is 13.9. The van der Waals surface area contributed by atoms with Gasteiger partial charge in [-0.25, -0.2) is 0 Å². The van der Waals surface area contributed by atoms with Crippen molar-refractivity contribution in [3.63, 3.8) is 0 Å². The molecule has 1 amide bonds. The summed E-state index contributed by atoms with van der Waals surface area (Å²) in [4.78, 5) is 14.6. The number of carbonyl (C=O) groups is 1. The van der Waals surface area contributed by atoms with E-state index in [-0.39, 0.29) is 5.91 Å². The first-order valence-electron chi connectivity index (χ1n) is 8.85. The summed E-state index contributed by atoms with van der Waals surface area (Å²) in [6.45, 7) is 4.12. The van der Waals surface area contributed by atoms with Crippen LogP contribution in [0.2, 0.25) is 0 Å². The highest BCUT2D eigenvalue weighted by atomic mass is 16.1. The lowest BCUT2D eigenvalue weighted by atomic mass is 9.83. The maximum absolute atomic E-state index is 12.1. The van der Waals surface area contributed by atoms with E-state index in [1.165, 1.54) is 25.7 Å². The zero-order chi connectivity index (χ0) is 15.3. The number of nitrogens with zero attached hydrogens (tertiary/aromatic N) is 1. The van der Waals surface area contributed by atoms with Crippen LogP contribution in [-0.4, -0.2) is 42.5 Å². The maximum atomic E-state index is 12.1. The molecule has 0 heterocycles. The topological polar surface area (TPSA) is 58.4 Å². The first kappa shape index (κ1) is 16.8. The summed E-state index contributed by atoms with van der Waals surface area (Å²) in [6.07, 6.45) is 10.8. The van der Waals surface area contributed by atoms with Gasteiger partial charge in [-0.1, -0.05) is 26.2 Å². The van der Waals surface area contributed by atoms with Crippen LogP contribution in [0, 0.1) is 5.92 Å². The fourth-order valence-corrected chi connectivity index (χ4v) is 4.35. The second-order valence-corrected chi connectivity index (χ2v) is 7.06. The van der Waals surface area contributed by atoms with E-state index in [0.717, 1.165) is 51.2 Å². The Hall–Kier alpha value is -0.610. The second kappa shape index (κ2) is 7.59. The monoisotopic (exact) mass is 295 g/mol. The van der Waals surface area contributed by atoms with Crippen molar-refractivity contribution in [1.29, 1.82) is 0 Å². The quantitative estimate of drug-likeness (QED) is 0.722. The van der Waals surface area contributed by atoms with Crippen LogP contribution in [0.4, 0.5) is 0 Å². The largest absolute Gasteiger partial charge is 0.368 e. The molecule has 2 fully saturated rings. The van der Waals surface area contributed by atoms with Gasteiger partial charge in [0.1, 0.15) is 5.54 Å². The molecule has 0 aromatic carbocycles. The van der Waals surface area contributed by atoms with Crippen molar-refractivity contribution in [2.45, 2.75) is 76.3 Å². The zero-order valence-corrected chi connectivity index (χ0v) is 13.9. The molecule has 3 N–H and O–H groups in total. The summed E-state index contributed by atoms with van der Waals surface area (Å²) >= 11 is 0. The molecule has 0 bridgehead atoms. The van der Waals surface area contributed by atoms with Crippen LogP contribution in [-0.2, 0) is 4.79 Å². The third kappa shape index (κ3) is 3.78. The standard InChI is InChI=1S/C17H33N3O/c1-3-12-19-17(16(18)21)11-6-7-14(17)10-13-20(2)15-8-4-5-9-15/h14-15,19H,3-13H2,1-2H3,(H2,18,21). The molecule has 0 radical (unpaired) electrons. The molecule has 0 spiro atoms. The summed E-state index contributed by atoms with van der Waals surface area (Å²) in [5.74, 6) is 0.271. The van der Waals surface area contributed by atoms with Gasteiger partial charge in [0, 0.05) is 6.04 Å². The van der Waals surface area contributed by atoms with Gasteiger partial charge in [-0.2, -0.15) is 0 Å². The molecule has 0 aromatic rings. The molecule has 2 rings (SSSR count). The second-order valence-electron chi connectivity index (χ2n) is 7.06. The highest BCUT2D eigenvalue weighted by Gasteiger charge is 2.46. The molecule has 2 aliphatic rings. The van der Waals surface area contributed by atoms with Crippen molar-refractivity contribution in [1.82, 2.24) is 10.2 Å². The molecule has 122 valence electrons. The fraction of sp³-hybridized carbons (Fsp3) is 0.941. The first-order valence-corrected chi connectivity index (χ1v) is 8.85. The molecule has 4 nitrogen and oxygen atoms in total. The number of hydrogen-bond donors (Lipinski definition) is 2. The fourth-order valence-electron chi connectivity index (χ4n) is 4.35. The van der Waals surface area contributed by atoms with E-state index in [2.05, 4.69) is 24.2 Å². The Morgan fingerprint density at radius 3 is 2.62 bits per heavy atom. The van der Waals surface area contributed by atoms with Crippen LogP contribution in [0.25, 0.3) is 0 Å². The number of rotatable bonds is 8. The molecule has 0 aromatic heterocycles. The molecule has 2 atom stereocenters. The van der Waals surface area contributed by atoms with E-state index in [0.29, 0.717) is 5.92 Å². The lowest BCUT2D eigenvalue weighted by Gasteiger charge is -2.35. The van der Waals surface area contributed by atoms with Crippen molar-refractivity contribution in [3.05, 3.63) is 0 Å². The number of hydrogen-bond acceptors (Lipinski definition) is 3. The smallest absolute Gasteiger partial charge is 0.238 e. The summed E-state index contributed by atoms with van der Waals surface area (Å²) < 4.78 is 0. The van der Waals surface area contributed by atoms with Gasteiger partial charge in [-0.05, 0) is 64.6 Å². The van der Waals surface area contributed by atoms with Gasteiger partial charge in [0.25, 0.3) is 0 Å². The normalized spacial score (nSPS) is 30.3. The van der Waals surface area contributed by atoms with Crippen molar-refractivity contribution in [2.75, 3.05) is 20.1 Å². The van der Waals surface area contributed by atoms with Gasteiger partial charge in [0.05, 0.1) is 0 Å². The molecule has 21 heavy (non-hydrogen) atoms. The Kier molecular flexibility index (Phi) is 6.06. The molecular formula is C17H33N3O. The number of nitrogens with two attached hydrogens (primary N) is 1. The van der Waals surface area contributed by atoms with Crippen LogP contribution in [0.3, 0.4) is 0 Å². The molecule has 4 heteroatoms. The summed E-state index contributed by atoms with van der Waals surface area (Å²) in [6, 6.07) is 0.762. The average molecular weight is 295 g/mol. The number of nitrogens with one attached hydrogen (secondary N) is 1. The van der Waals surface area contributed by atoms with Crippen molar-refractivity contribution < 1.29 is 4.79 Å². The van der Waals surface area contributed by atoms with Gasteiger partial charge in [-0.15, -0.1) is 0 Å². The van der Waals surface area contributed by atoms with Gasteiger partial charge >= 0.3 is 0 Å². The molecule has 2 saturated carbocycles. The minimum Gasteiger partial charge on any atom is -0.368 e. The van der Waals surface area contributed by atoms with E-state index in [1.54, 1.807) is 0 Å². The third-order valence-corrected chi connectivity index (χ3v) is 5.73. The Bertz CT molecular complexity index is 341. The van der Waals surface area contributed by atoms with E-state index in [9.17, 15) is 4.79 Å². The number of primary amides is 1. The molecular weight excluding hydrogens is 262 g/mol. The summed E-state index contributed by atoms with van der Waals surface area (Å²) in [5.41, 5.74) is 5.34. The van der Waals surface area contributed by atoms with Gasteiger partial charge in [0.15, 0.2) is 0 Å². The van der Waals surface area contributed by atoms with Crippen molar-refractivity contribution >= 4 is 5.91 Å². The lowest BCUT2D eigenvalue weighted by Crippen LogP contribution is -2.58. The minimum atomic E-state index is -0.438. The predicted molar refractivity (Wildman–Crippen MR) is 87.1 cm³/mol. The third-order valence-electron chi connectivity index (χ3n) is 5.73. The minimum absolute atomic E-state index is 0.137. The van der Waals surface area contributed by atoms with Gasteiger partial charge in [0.2, 0.25) is 5.91 Å². The van der Waals surface area contributed by atoms with Crippen LogP contribution in [0.15, 0.2) is 0 Å². The first-order chi connectivity index (χ1) is 10.1. The van der Waals surface area contributed by atoms with Crippen molar-refractivity contribution in [3.8, 4) is 0 Å². The average Bonchev–Trinajstić information content (AvgIpc) is 3.12. The predicted octanol–water partition coefficient (Wildman–Crippen LogP) is 2.27. The highest BCUT2D eigenvalue weighted by molar-refractivity contribution is 5.85. The van der Waals surface area contributed by atoms with Crippen LogP contribution in [0.1, 0.15) is 64.7 Å². The Morgan fingerprint density at radius 2 is 2.00 bits per heavy atom. The number of amides is 1. The maximum Gasteiger partial charge on any atom is 0.238 e. The molecule has 0 aliphatic heterocycles. The molecule has 0 saturated heterocycles. The Morgan fingerprint density at radius 1 is 1.29 bits per heavy atom. The SMILES string of the molecule is CCCNC1(C(N)=O)CCCC1CCN(C)C1CCCC1. The summed E-state index contributed by atoms with van der Waals surface area (Å²) in [7, 11) is 2.25. The van der Waals surface area contributed by atoms with E-state index in [1.807, 2.05) is 0 Å². The summed E-state index contributed by atoms with van der Waals surface area (Å²) in [5, 5.41) is 3.49. The van der Waals surface area contributed by atoms with Crippen LogP contribution in [0.5, 0.6) is 0 Å². The van der Waals surface area contributed by atoms with E-state index < -0.39 is 5.54 Å². The van der Waals surface area contributed by atoms with Gasteiger partial charge in [-0.3, -0.25) is 4.79 Å². The Balaban J connectivity index is 1.91. The van der Waals surface area contributed by atoms with Crippen LogP contribution >= 0.6 is 0 Å². The van der Waals surface area contributed by atoms with E-state index >= 15 is 0 Å². The lowest BCUT2D eigenvalue weighted by molar-refractivity contribution is -0.126. The molecule has 2 aliphatic carbocycles. The van der Waals surface area contributed by atoms with Crippen molar-refractivity contribution in [2.24, 2.45) is 11.7 Å². The molecule has 2 unspecified atom stereocenters. The highest BCUT2D eigenvalue weighted by Crippen LogP contribution is 2.38. The Labute approximate surface area is 129 Å².